The number of hydrogen-bond donors (Lipinski definition) is 0. The zero-order valence-electron chi connectivity index (χ0n) is 10.4. The Morgan fingerprint density at radius 3 is 2.74 bits per heavy atom. The lowest BCUT2D eigenvalue weighted by atomic mass is 10.2. The first kappa shape index (κ1) is 12.7. The van der Waals surface area contributed by atoms with Gasteiger partial charge in [-0.3, -0.25) is 4.79 Å². The molecule has 0 radical (unpaired) electrons. The third kappa shape index (κ3) is 2.40. The summed E-state index contributed by atoms with van der Waals surface area (Å²) in [6.45, 7) is 1.34. The molecule has 3 nitrogen and oxygen atoms in total. The van der Waals surface area contributed by atoms with Crippen LogP contribution >= 0.6 is 27.3 Å². The summed E-state index contributed by atoms with van der Waals surface area (Å²) in [4.78, 5) is 15.0. The van der Waals surface area contributed by atoms with Gasteiger partial charge in [0.05, 0.1) is 15.8 Å². The van der Waals surface area contributed by atoms with Crippen molar-refractivity contribution in [3.63, 3.8) is 0 Å². The minimum absolute atomic E-state index is 0.126. The summed E-state index contributed by atoms with van der Waals surface area (Å²) in [6.07, 6.45) is 0. The van der Waals surface area contributed by atoms with Gasteiger partial charge in [-0.1, -0.05) is 12.1 Å². The first-order chi connectivity index (χ1) is 9.17. The van der Waals surface area contributed by atoms with E-state index in [-0.39, 0.29) is 5.91 Å². The molecule has 5 heteroatoms. The van der Waals surface area contributed by atoms with E-state index in [2.05, 4.69) is 15.9 Å². The number of fused-ring (bicyclic) bond motifs is 1. The Balaban J connectivity index is 1.75. The molecule has 0 unspecified atom stereocenters. The highest BCUT2D eigenvalue weighted by atomic mass is 79.9. The minimum atomic E-state index is 0.126. The monoisotopic (exact) mass is 337 g/mol. The quantitative estimate of drug-likeness (QED) is 0.855. The third-order valence-corrected chi connectivity index (χ3v) is 4.82. The molecule has 0 saturated carbocycles. The van der Waals surface area contributed by atoms with Crippen LogP contribution in [0.5, 0.6) is 5.75 Å². The Hall–Kier alpha value is -1.33. The molecule has 0 N–H and O–H groups in total. The van der Waals surface area contributed by atoms with Crippen molar-refractivity contribution in [2.24, 2.45) is 0 Å². The standard InChI is InChI=1S/C14H12BrNO2S/c1-18-11-4-2-9(3-5-11)7-16-8-10-6-12(15)19-13(10)14(16)17/h2-6H,7-8H2,1H3. The van der Waals surface area contributed by atoms with Gasteiger partial charge in [-0.25, -0.2) is 0 Å². The van der Waals surface area contributed by atoms with E-state index in [1.54, 1.807) is 7.11 Å². The molecule has 98 valence electrons. The SMILES string of the molecule is COc1ccc(CN2Cc3cc(Br)sc3C2=O)cc1. The molecule has 0 aliphatic carbocycles. The molecule has 1 amide bonds. The fraction of sp³-hybridized carbons (Fsp3) is 0.214. The Morgan fingerprint density at radius 1 is 1.37 bits per heavy atom. The zero-order valence-corrected chi connectivity index (χ0v) is 12.8. The number of ether oxygens (including phenoxy) is 1. The molecule has 1 aromatic heterocycles. The fourth-order valence-corrected chi connectivity index (χ4v) is 3.82. The molecular weight excluding hydrogens is 326 g/mol. The molecule has 0 bridgehead atoms. The van der Waals surface area contributed by atoms with E-state index in [1.807, 2.05) is 35.2 Å². The number of hydrogen-bond acceptors (Lipinski definition) is 3. The predicted molar refractivity (Wildman–Crippen MR) is 78.6 cm³/mol. The molecule has 19 heavy (non-hydrogen) atoms. The summed E-state index contributed by atoms with van der Waals surface area (Å²) in [5, 5.41) is 0. The molecule has 2 aromatic rings. The minimum Gasteiger partial charge on any atom is -0.497 e. The van der Waals surface area contributed by atoms with Gasteiger partial charge < -0.3 is 9.64 Å². The predicted octanol–water partition coefficient (Wildman–Crippen LogP) is 3.68. The molecular formula is C14H12BrNO2S. The Kier molecular flexibility index (Phi) is 3.33. The second-order valence-corrected chi connectivity index (χ2v) is 6.85. The van der Waals surface area contributed by atoms with Crippen LogP contribution in [0.1, 0.15) is 20.8 Å². The van der Waals surface area contributed by atoms with Crippen molar-refractivity contribution in [2.75, 3.05) is 7.11 Å². The van der Waals surface area contributed by atoms with E-state index in [1.165, 1.54) is 11.3 Å². The molecule has 3 rings (SSSR count). The molecule has 0 fully saturated rings. The van der Waals surface area contributed by atoms with Gasteiger partial charge in [-0.15, -0.1) is 11.3 Å². The van der Waals surface area contributed by atoms with Gasteiger partial charge in [0.1, 0.15) is 5.75 Å². The van der Waals surface area contributed by atoms with Crippen molar-refractivity contribution in [3.8, 4) is 5.75 Å². The van der Waals surface area contributed by atoms with Crippen molar-refractivity contribution in [1.29, 1.82) is 0 Å². The Morgan fingerprint density at radius 2 is 2.11 bits per heavy atom. The Labute approximate surface area is 123 Å². The smallest absolute Gasteiger partial charge is 0.264 e. The lowest BCUT2D eigenvalue weighted by Crippen LogP contribution is -2.23. The van der Waals surface area contributed by atoms with Crippen LogP contribution in [0.3, 0.4) is 0 Å². The average molecular weight is 338 g/mol. The van der Waals surface area contributed by atoms with Crippen LogP contribution in [0.4, 0.5) is 0 Å². The first-order valence-electron chi connectivity index (χ1n) is 5.88. The number of carbonyl (C=O) groups is 1. The number of amides is 1. The summed E-state index contributed by atoms with van der Waals surface area (Å²) in [5.41, 5.74) is 2.23. The second-order valence-electron chi connectivity index (χ2n) is 4.41. The van der Waals surface area contributed by atoms with Crippen molar-refractivity contribution in [1.82, 2.24) is 4.90 Å². The van der Waals surface area contributed by atoms with Crippen molar-refractivity contribution in [3.05, 3.63) is 50.1 Å². The molecule has 0 saturated heterocycles. The van der Waals surface area contributed by atoms with Gasteiger partial charge in [-0.2, -0.15) is 0 Å². The van der Waals surface area contributed by atoms with Gasteiger partial charge in [0.25, 0.3) is 5.91 Å². The van der Waals surface area contributed by atoms with Crippen LogP contribution < -0.4 is 4.74 Å². The number of benzene rings is 1. The van der Waals surface area contributed by atoms with Crippen molar-refractivity contribution in [2.45, 2.75) is 13.1 Å². The molecule has 2 heterocycles. The van der Waals surface area contributed by atoms with Gasteiger partial charge in [0, 0.05) is 13.1 Å². The van der Waals surface area contributed by atoms with Crippen LogP contribution in [-0.2, 0) is 13.1 Å². The highest BCUT2D eigenvalue weighted by molar-refractivity contribution is 9.11. The number of halogens is 1. The average Bonchev–Trinajstić information content (AvgIpc) is 2.90. The summed E-state index contributed by atoms with van der Waals surface area (Å²) < 4.78 is 6.15. The maximum Gasteiger partial charge on any atom is 0.264 e. The van der Waals surface area contributed by atoms with E-state index < -0.39 is 0 Å². The molecule has 1 aliphatic heterocycles. The van der Waals surface area contributed by atoms with Gasteiger partial charge in [-0.05, 0) is 45.3 Å². The summed E-state index contributed by atoms with van der Waals surface area (Å²) in [6, 6.07) is 9.86. The van der Waals surface area contributed by atoms with Gasteiger partial charge >= 0.3 is 0 Å². The zero-order chi connectivity index (χ0) is 13.4. The number of methoxy groups -OCH3 is 1. The number of nitrogens with zero attached hydrogens (tertiary/aromatic N) is 1. The van der Waals surface area contributed by atoms with Gasteiger partial charge in [0.2, 0.25) is 0 Å². The van der Waals surface area contributed by atoms with E-state index in [9.17, 15) is 4.79 Å². The fourth-order valence-electron chi connectivity index (χ4n) is 2.19. The summed E-state index contributed by atoms with van der Waals surface area (Å²) in [5.74, 6) is 0.959. The van der Waals surface area contributed by atoms with Crippen molar-refractivity contribution >= 4 is 33.2 Å². The van der Waals surface area contributed by atoms with Crippen LogP contribution in [0.15, 0.2) is 34.1 Å². The largest absolute Gasteiger partial charge is 0.497 e. The van der Waals surface area contributed by atoms with E-state index >= 15 is 0 Å². The molecule has 1 aromatic carbocycles. The van der Waals surface area contributed by atoms with Crippen LogP contribution in [0.25, 0.3) is 0 Å². The van der Waals surface area contributed by atoms with E-state index in [4.69, 9.17) is 4.74 Å². The maximum absolute atomic E-state index is 12.2. The van der Waals surface area contributed by atoms with E-state index in [0.29, 0.717) is 13.1 Å². The third-order valence-electron chi connectivity index (χ3n) is 3.15. The highest BCUT2D eigenvalue weighted by Gasteiger charge is 2.29. The summed E-state index contributed by atoms with van der Waals surface area (Å²) >= 11 is 4.93. The maximum atomic E-state index is 12.2. The Bertz CT molecular complexity index is 621. The first-order valence-corrected chi connectivity index (χ1v) is 7.49. The number of rotatable bonds is 3. The normalized spacial score (nSPS) is 13.8. The molecule has 1 aliphatic rings. The number of thiophene rings is 1. The topological polar surface area (TPSA) is 29.5 Å². The second kappa shape index (κ2) is 4.98. The summed E-state index contributed by atoms with van der Waals surface area (Å²) in [7, 11) is 1.65. The van der Waals surface area contributed by atoms with E-state index in [0.717, 1.165) is 25.5 Å². The molecule has 0 spiro atoms. The lowest BCUT2D eigenvalue weighted by Gasteiger charge is -2.16. The van der Waals surface area contributed by atoms with Crippen molar-refractivity contribution < 1.29 is 9.53 Å². The number of carbonyl (C=O) groups excluding carboxylic acids is 1. The molecule has 0 atom stereocenters. The van der Waals surface area contributed by atoms with Crippen LogP contribution in [-0.4, -0.2) is 17.9 Å². The van der Waals surface area contributed by atoms with Crippen LogP contribution in [0, 0.1) is 0 Å². The highest BCUT2D eigenvalue weighted by Crippen LogP contribution is 2.34. The lowest BCUT2D eigenvalue weighted by molar-refractivity contribution is 0.0770. The van der Waals surface area contributed by atoms with Crippen LogP contribution in [0.2, 0.25) is 0 Å². The van der Waals surface area contributed by atoms with Gasteiger partial charge in [0.15, 0.2) is 0 Å².